The van der Waals surface area contributed by atoms with Crippen LogP contribution < -0.4 is 0 Å². The lowest BCUT2D eigenvalue weighted by molar-refractivity contribution is 1.06. The fraction of sp³-hybridized carbons (Fsp3) is 0.0303. The van der Waals surface area contributed by atoms with Crippen molar-refractivity contribution in [2.24, 2.45) is 0 Å². The van der Waals surface area contributed by atoms with E-state index in [1.807, 2.05) is 0 Å². The highest BCUT2D eigenvalue weighted by Crippen LogP contribution is 2.44. The molecule has 0 bridgehead atoms. The van der Waals surface area contributed by atoms with Crippen LogP contribution in [-0.4, -0.2) is 18.3 Å². The van der Waals surface area contributed by atoms with Gasteiger partial charge >= 0.3 is 0 Å². The third-order valence-corrected chi connectivity index (χ3v) is 14.7. The lowest BCUT2D eigenvalue weighted by Crippen LogP contribution is -1.98. The fourth-order valence-corrected chi connectivity index (χ4v) is 11.7. The number of hydrogen-bond donors (Lipinski definition) is 0. The van der Waals surface area contributed by atoms with Gasteiger partial charge in [-0.1, -0.05) is 146 Å². The summed E-state index contributed by atoms with van der Waals surface area (Å²) in [5, 5.41) is 7.42. The average molecular weight is 895 g/mol. The molecule has 10 aromatic carbocycles. The van der Waals surface area contributed by atoms with Crippen LogP contribution in [0.1, 0.15) is 11.4 Å². The molecule has 0 N–H and O–H groups in total. The number of benzene rings is 10. The summed E-state index contributed by atoms with van der Waals surface area (Å²) in [5.41, 5.74) is 21.5. The first-order chi connectivity index (χ1) is 34.6. The van der Waals surface area contributed by atoms with E-state index in [9.17, 15) is 0 Å². The Morgan fingerprint density at radius 2 is 0.543 bits per heavy atom. The second-order valence-corrected chi connectivity index (χ2v) is 18.6. The molecular formula is C66H46N4. The van der Waals surface area contributed by atoms with Crippen LogP contribution in [0, 0.1) is 13.8 Å². The van der Waals surface area contributed by atoms with Crippen LogP contribution in [0.15, 0.2) is 243 Å². The van der Waals surface area contributed by atoms with Crippen molar-refractivity contribution in [3.05, 3.63) is 254 Å². The SMILES string of the molecule is Cc1c(-c2ccccc2)c2cc(-c3ccc4c(c3)c(-c3ccccc3)c(C)n4-c3ccc4c(c3)c3ccccc3n4-c3ccccc3)ccc2n1-c1ccc2c(c1)c1ccccc1n2-c1ccccc1. The van der Waals surface area contributed by atoms with Gasteiger partial charge in [-0.15, -0.1) is 0 Å². The van der Waals surface area contributed by atoms with E-state index in [0.717, 1.165) is 22.7 Å². The molecule has 0 radical (unpaired) electrons. The number of nitrogens with zero attached hydrogens (tertiary/aromatic N) is 4. The van der Waals surface area contributed by atoms with Crippen molar-refractivity contribution < 1.29 is 0 Å². The molecule has 14 aromatic rings. The number of aromatic nitrogens is 4. The van der Waals surface area contributed by atoms with Crippen molar-refractivity contribution in [1.82, 2.24) is 18.3 Å². The molecule has 4 heterocycles. The summed E-state index contributed by atoms with van der Waals surface area (Å²) < 4.78 is 9.70. The summed E-state index contributed by atoms with van der Waals surface area (Å²) in [4.78, 5) is 0. The van der Waals surface area contributed by atoms with Gasteiger partial charge in [0.25, 0.3) is 0 Å². The molecule has 4 heteroatoms. The Balaban J connectivity index is 0.948. The minimum Gasteiger partial charge on any atom is -0.313 e. The van der Waals surface area contributed by atoms with Gasteiger partial charge in [0.1, 0.15) is 0 Å². The van der Waals surface area contributed by atoms with E-state index in [-0.39, 0.29) is 0 Å². The predicted octanol–water partition coefficient (Wildman–Crippen LogP) is 17.4. The maximum Gasteiger partial charge on any atom is 0.0542 e. The molecule has 14 rings (SSSR count). The van der Waals surface area contributed by atoms with Crippen molar-refractivity contribution in [2.75, 3.05) is 0 Å². The molecule has 0 saturated heterocycles. The fourth-order valence-electron chi connectivity index (χ4n) is 11.7. The van der Waals surface area contributed by atoms with Crippen LogP contribution in [-0.2, 0) is 0 Å². The third kappa shape index (κ3) is 6.03. The zero-order valence-electron chi connectivity index (χ0n) is 38.9. The van der Waals surface area contributed by atoms with Crippen LogP contribution in [0.25, 0.3) is 122 Å². The second-order valence-electron chi connectivity index (χ2n) is 18.6. The van der Waals surface area contributed by atoms with Crippen LogP contribution in [0.4, 0.5) is 0 Å². The molecule has 0 aliphatic rings. The Morgan fingerprint density at radius 1 is 0.214 bits per heavy atom. The number of rotatable bonds is 7. The summed E-state index contributed by atoms with van der Waals surface area (Å²) >= 11 is 0. The first-order valence-corrected chi connectivity index (χ1v) is 24.2. The van der Waals surface area contributed by atoms with E-state index in [1.165, 1.54) is 110 Å². The maximum absolute atomic E-state index is 2.46. The minimum atomic E-state index is 1.15. The highest BCUT2D eigenvalue weighted by atomic mass is 15.0. The molecule has 0 amide bonds. The zero-order valence-corrected chi connectivity index (χ0v) is 38.9. The number of fused-ring (bicyclic) bond motifs is 8. The van der Waals surface area contributed by atoms with E-state index < -0.39 is 0 Å². The van der Waals surface area contributed by atoms with E-state index in [4.69, 9.17) is 0 Å². The monoisotopic (exact) mass is 894 g/mol. The highest BCUT2D eigenvalue weighted by molar-refractivity contribution is 6.12. The topological polar surface area (TPSA) is 19.7 Å². The molecule has 0 atom stereocenters. The predicted molar refractivity (Wildman–Crippen MR) is 295 cm³/mol. The normalized spacial score (nSPS) is 11.9. The van der Waals surface area contributed by atoms with Gasteiger partial charge in [0, 0.05) is 77.6 Å². The van der Waals surface area contributed by atoms with Crippen LogP contribution in [0.2, 0.25) is 0 Å². The average Bonchev–Trinajstić information content (AvgIpc) is 4.12. The van der Waals surface area contributed by atoms with Gasteiger partial charge in [0.15, 0.2) is 0 Å². The smallest absolute Gasteiger partial charge is 0.0542 e. The van der Waals surface area contributed by atoms with Crippen molar-refractivity contribution >= 4 is 65.4 Å². The second kappa shape index (κ2) is 15.7. The summed E-state index contributed by atoms with van der Waals surface area (Å²) in [6, 6.07) is 88.8. The van der Waals surface area contributed by atoms with E-state index >= 15 is 0 Å². The van der Waals surface area contributed by atoms with Gasteiger partial charge in [-0.05, 0) is 133 Å². The highest BCUT2D eigenvalue weighted by Gasteiger charge is 2.23. The van der Waals surface area contributed by atoms with E-state index in [1.54, 1.807) is 0 Å². The zero-order chi connectivity index (χ0) is 46.5. The van der Waals surface area contributed by atoms with Crippen LogP contribution in [0.5, 0.6) is 0 Å². The Morgan fingerprint density at radius 3 is 0.957 bits per heavy atom. The molecular weight excluding hydrogens is 849 g/mol. The molecule has 0 spiro atoms. The lowest BCUT2D eigenvalue weighted by atomic mass is 9.96. The van der Waals surface area contributed by atoms with E-state index in [0.29, 0.717) is 0 Å². The Kier molecular flexibility index (Phi) is 8.99. The summed E-state index contributed by atoms with van der Waals surface area (Å²) in [6.45, 7) is 4.56. The summed E-state index contributed by atoms with van der Waals surface area (Å²) in [5.74, 6) is 0. The Bertz CT molecular complexity index is 4060. The molecule has 4 aromatic heterocycles. The van der Waals surface area contributed by atoms with Gasteiger partial charge in [0.05, 0.1) is 33.1 Å². The molecule has 0 fully saturated rings. The maximum atomic E-state index is 2.46. The standard InChI is InChI=1S/C66H46N4/c1-43-65(45-19-7-3-8-20-45)57-39-47(31-35-63(57)67(43)51-33-37-61-55(41-51)53-27-15-17-29-59(53)69(61)49-23-11-5-12-24-49)48-32-36-64-58(40-48)66(46-21-9-4-10-22-46)44(2)68(64)52-34-38-62-56(42-52)54-28-16-18-30-60(54)70(62)50-25-13-6-14-26-50/h3-42H,1-2H3. The first-order valence-electron chi connectivity index (χ1n) is 24.2. The van der Waals surface area contributed by atoms with Crippen molar-refractivity contribution in [3.63, 3.8) is 0 Å². The van der Waals surface area contributed by atoms with Gasteiger partial charge in [0.2, 0.25) is 0 Å². The molecule has 4 nitrogen and oxygen atoms in total. The lowest BCUT2D eigenvalue weighted by Gasteiger charge is -2.12. The van der Waals surface area contributed by atoms with Gasteiger partial charge in [-0.3, -0.25) is 0 Å². The van der Waals surface area contributed by atoms with E-state index in [2.05, 4.69) is 275 Å². The quantitative estimate of drug-likeness (QED) is 0.152. The minimum absolute atomic E-state index is 1.15. The van der Waals surface area contributed by atoms with Crippen molar-refractivity contribution in [2.45, 2.75) is 13.8 Å². The molecule has 330 valence electrons. The molecule has 0 aliphatic carbocycles. The number of hydrogen-bond acceptors (Lipinski definition) is 0. The van der Waals surface area contributed by atoms with Crippen LogP contribution >= 0.6 is 0 Å². The third-order valence-electron chi connectivity index (χ3n) is 14.7. The summed E-state index contributed by atoms with van der Waals surface area (Å²) in [6.07, 6.45) is 0. The summed E-state index contributed by atoms with van der Waals surface area (Å²) in [7, 11) is 0. The van der Waals surface area contributed by atoms with Crippen molar-refractivity contribution in [3.8, 4) is 56.1 Å². The molecule has 0 unspecified atom stereocenters. The molecule has 0 aliphatic heterocycles. The number of para-hydroxylation sites is 4. The van der Waals surface area contributed by atoms with Crippen molar-refractivity contribution in [1.29, 1.82) is 0 Å². The van der Waals surface area contributed by atoms with Gasteiger partial charge in [-0.2, -0.15) is 0 Å². The molecule has 70 heavy (non-hydrogen) atoms. The van der Waals surface area contributed by atoms with Gasteiger partial charge < -0.3 is 18.3 Å². The molecule has 0 saturated carbocycles. The Labute approximate surface area is 405 Å². The largest absolute Gasteiger partial charge is 0.313 e. The first kappa shape index (κ1) is 40.0. The van der Waals surface area contributed by atoms with Gasteiger partial charge in [-0.25, -0.2) is 0 Å². The van der Waals surface area contributed by atoms with Crippen LogP contribution in [0.3, 0.4) is 0 Å². The Hall–Kier alpha value is -9.12.